The Morgan fingerprint density at radius 2 is 1.75 bits per heavy atom. The van der Waals surface area contributed by atoms with Crippen LogP contribution in [0.1, 0.15) is 16.7 Å². The molecule has 0 amide bonds. The summed E-state index contributed by atoms with van der Waals surface area (Å²) in [4.78, 5) is 4.54. The fourth-order valence-corrected chi connectivity index (χ4v) is 3.94. The van der Waals surface area contributed by atoms with Crippen molar-refractivity contribution in [1.29, 1.82) is 0 Å². The molecule has 0 fully saturated rings. The second-order valence-corrected chi connectivity index (χ2v) is 9.04. The maximum absolute atomic E-state index is 12.6. The number of aryl methyl sites for hydroxylation is 1. The van der Waals surface area contributed by atoms with Gasteiger partial charge in [0.15, 0.2) is 5.75 Å². The number of rotatable bonds is 5. The summed E-state index contributed by atoms with van der Waals surface area (Å²) in [6.07, 6.45) is 1.56. The molecule has 0 aliphatic heterocycles. The molecule has 3 rings (SSSR count). The van der Waals surface area contributed by atoms with E-state index in [0.29, 0.717) is 16.3 Å². The molecule has 0 heterocycles. The molecular weight excluding hydrogens is 462 g/mol. The Morgan fingerprint density at radius 1 is 1.04 bits per heavy atom. The van der Waals surface area contributed by atoms with Gasteiger partial charge in [0.05, 0.1) is 5.69 Å². The molecule has 0 aliphatic rings. The molecule has 0 spiro atoms. The molecule has 0 atom stereocenters. The molecule has 0 unspecified atom stereocenters. The largest absolute Gasteiger partial charge is 0.378 e. The molecule has 0 radical (unpaired) electrons. The first-order chi connectivity index (χ1) is 13.3. The highest BCUT2D eigenvalue weighted by Gasteiger charge is 2.18. The topological polar surface area (TPSA) is 55.7 Å². The smallest absolute Gasteiger partial charge is 0.339 e. The van der Waals surface area contributed by atoms with Gasteiger partial charge < -0.3 is 4.18 Å². The van der Waals surface area contributed by atoms with Crippen molar-refractivity contribution in [3.8, 4) is 5.75 Å². The Morgan fingerprint density at radius 3 is 2.46 bits per heavy atom. The van der Waals surface area contributed by atoms with Crippen LogP contribution < -0.4 is 4.18 Å². The van der Waals surface area contributed by atoms with Crippen molar-refractivity contribution in [2.24, 2.45) is 4.99 Å². The number of hydrogen-bond acceptors (Lipinski definition) is 4. The van der Waals surface area contributed by atoms with Crippen LogP contribution in [0.15, 0.2) is 75.0 Å². The van der Waals surface area contributed by atoms with Gasteiger partial charge >= 0.3 is 10.1 Å². The number of benzene rings is 3. The van der Waals surface area contributed by atoms with Crippen LogP contribution in [0.3, 0.4) is 0 Å². The minimum Gasteiger partial charge on any atom is -0.378 e. The fourth-order valence-electron chi connectivity index (χ4n) is 2.44. The van der Waals surface area contributed by atoms with Crippen LogP contribution in [0.2, 0.25) is 5.02 Å². The monoisotopic (exact) mass is 477 g/mol. The molecule has 0 aliphatic carbocycles. The molecule has 28 heavy (non-hydrogen) atoms. The molecular formula is C21H17BrClNO3S. The summed E-state index contributed by atoms with van der Waals surface area (Å²) in [7, 11) is -3.96. The van der Waals surface area contributed by atoms with E-state index in [1.807, 2.05) is 26.0 Å². The van der Waals surface area contributed by atoms with Gasteiger partial charge in [0, 0.05) is 21.3 Å². The lowest BCUT2D eigenvalue weighted by molar-refractivity contribution is 0.485. The zero-order chi connectivity index (χ0) is 20.3. The number of halogens is 2. The van der Waals surface area contributed by atoms with Gasteiger partial charge in [-0.15, -0.1) is 0 Å². The minimum absolute atomic E-state index is 0.0922. The van der Waals surface area contributed by atoms with E-state index < -0.39 is 10.1 Å². The van der Waals surface area contributed by atoms with Crippen molar-refractivity contribution in [2.45, 2.75) is 18.7 Å². The first-order valence-corrected chi connectivity index (χ1v) is 10.9. The van der Waals surface area contributed by atoms with Gasteiger partial charge in [-0.05, 0) is 61.9 Å². The standard InChI is InChI=1S/C21H17BrClNO3S/c1-14-6-9-18(10-7-14)28(25,26)27-21-11-8-17(22)12-16(21)13-24-20-5-3-4-19(23)15(20)2/h3-13H,1-2H3. The Kier molecular flexibility index (Phi) is 6.23. The van der Waals surface area contributed by atoms with Crippen LogP contribution in [0.4, 0.5) is 5.69 Å². The van der Waals surface area contributed by atoms with Gasteiger partial charge in [-0.2, -0.15) is 8.42 Å². The van der Waals surface area contributed by atoms with Crippen molar-refractivity contribution >= 4 is 49.6 Å². The molecule has 4 nitrogen and oxygen atoms in total. The van der Waals surface area contributed by atoms with Crippen LogP contribution in [-0.4, -0.2) is 14.6 Å². The second kappa shape index (κ2) is 8.47. The Balaban J connectivity index is 1.96. The van der Waals surface area contributed by atoms with E-state index in [1.165, 1.54) is 12.1 Å². The Bertz CT molecular complexity index is 1140. The van der Waals surface area contributed by atoms with Crippen molar-refractivity contribution in [1.82, 2.24) is 0 Å². The molecule has 0 saturated carbocycles. The molecule has 7 heteroatoms. The van der Waals surface area contributed by atoms with Gasteiger partial charge in [0.1, 0.15) is 4.90 Å². The van der Waals surface area contributed by atoms with Gasteiger partial charge in [-0.1, -0.05) is 51.3 Å². The van der Waals surface area contributed by atoms with Gasteiger partial charge in [-0.3, -0.25) is 4.99 Å². The molecule has 0 aromatic heterocycles. The van der Waals surface area contributed by atoms with E-state index in [1.54, 1.807) is 42.6 Å². The molecule has 3 aromatic rings. The van der Waals surface area contributed by atoms with E-state index in [0.717, 1.165) is 15.6 Å². The van der Waals surface area contributed by atoms with Crippen molar-refractivity contribution in [3.63, 3.8) is 0 Å². The van der Waals surface area contributed by atoms with E-state index in [4.69, 9.17) is 15.8 Å². The van der Waals surface area contributed by atoms with E-state index in [-0.39, 0.29) is 10.6 Å². The molecule has 0 saturated heterocycles. The summed E-state index contributed by atoms with van der Waals surface area (Å²) in [5, 5.41) is 0.613. The average molecular weight is 479 g/mol. The Hall–Kier alpha value is -2.15. The highest BCUT2D eigenvalue weighted by molar-refractivity contribution is 9.10. The van der Waals surface area contributed by atoms with Crippen molar-refractivity contribution < 1.29 is 12.6 Å². The average Bonchev–Trinajstić information content (AvgIpc) is 2.65. The lowest BCUT2D eigenvalue weighted by Crippen LogP contribution is -2.11. The molecule has 0 N–H and O–H groups in total. The molecule has 144 valence electrons. The maximum Gasteiger partial charge on any atom is 0.339 e. The Labute approximate surface area is 178 Å². The summed E-state index contributed by atoms with van der Waals surface area (Å²) in [5.41, 5.74) is 3.02. The zero-order valence-corrected chi connectivity index (χ0v) is 18.3. The first-order valence-electron chi connectivity index (χ1n) is 8.36. The first kappa shape index (κ1) is 20.6. The summed E-state index contributed by atoms with van der Waals surface area (Å²) in [6.45, 7) is 3.76. The van der Waals surface area contributed by atoms with E-state index in [2.05, 4.69) is 20.9 Å². The SMILES string of the molecule is Cc1ccc(S(=O)(=O)Oc2ccc(Br)cc2C=Nc2cccc(Cl)c2C)cc1. The van der Waals surface area contributed by atoms with Crippen LogP contribution in [0, 0.1) is 13.8 Å². The van der Waals surface area contributed by atoms with Crippen molar-refractivity contribution in [2.75, 3.05) is 0 Å². The molecule has 0 bridgehead atoms. The fraction of sp³-hybridized carbons (Fsp3) is 0.0952. The lowest BCUT2D eigenvalue weighted by Gasteiger charge is -2.10. The number of aliphatic imine (C=N–C) groups is 1. The molecule has 3 aromatic carbocycles. The predicted octanol–water partition coefficient (Wildman–Crippen LogP) is 6.24. The van der Waals surface area contributed by atoms with Crippen LogP contribution >= 0.6 is 27.5 Å². The number of hydrogen-bond donors (Lipinski definition) is 0. The third-order valence-corrected chi connectivity index (χ3v) is 6.21. The van der Waals surface area contributed by atoms with Crippen LogP contribution in [0.5, 0.6) is 5.75 Å². The highest BCUT2D eigenvalue weighted by Crippen LogP contribution is 2.28. The van der Waals surface area contributed by atoms with Crippen LogP contribution in [-0.2, 0) is 10.1 Å². The van der Waals surface area contributed by atoms with Crippen LogP contribution in [0.25, 0.3) is 0 Å². The number of nitrogens with zero attached hydrogens (tertiary/aromatic N) is 1. The van der Waals surface area contributed by atoms with Gasteiger partial charge in [0.2, 0.25) is 0 Å². The summed E-state index contributed by atoms with van der Waals surface area (Å²) >= 11 is 9.53. The third-order valence-electron chi connectivity index (χ3n) is 4.06. The van der Waals surface area contributed by atoms with Gasteiger partial charge in [0.25, 0.3) is 0 Å². The minimum atomic E-state index is -3.96. The highest BCUT2D eigenvalue weighted by atomic mass is 79.9. The summed E-state index contributed by atoms with van der Waals surface area (Å²) < 4.78 is 31.4. The van der Waals surface area contributed by atoms with Gasteiger partial charge in [-0.25, -0.2) is 0 Å². The third kappa shape index (κ3) is 4.82. The lowest BCUT2D eigenvalue weighted by atomic mass is 10.2. The second-order valence-electron chi connectivity index (χ2n) is 6.17. The summed E-state index contributed by atoms with van der Waals surface area (Å²) in [6, 6.07) is 17.0. The normalized spacial score (nSPS) is 11.7. The van der Waals surface area contributed by atoms with E-state index in [9.17, 15) is 8.42 Å². The summed E-state index contributed by atoms with van der Waals surface area (Å²) in [5.74, 6) is 0.187. The predicted molar refractivity (Wildman–Crippen MR) is 117 cm³/mol. The zero-order valence-electron chi connectivity index (χ0n) is 15.2. The quantitative estimate of drug-likeness (QED) is 0.322. The van der Waals surface area contributed by atoms with E-state index >= 15 is 0 Å². The maximum atomic E-state index is 12.6. The van der Waals surface area contributed by atoms with Crippen molar-refractivity contribution in [3.05, 3.63) is 86.8 Å².